The summed E-state index contributed by atoms with van der Waals surface area (Å²) in [6, 6.07) is 5.32. The first-order chi connectivity index (χ1) is 10.1. The van der Waals surface area contributed by atoms with Crippen LogP contribution in [0.2, 0.25) is 5.02 Å². The van der Waals surface area contributed by atoms with Crippen molar-refractivity contribution < 1.29 is 9.90 Å². The summed E-state index contributed by atoms with van der Waals surface area (Å²) in [5, 5.41) is 12.2. The van der Waals surface area contributed by atoms with E-state index in [0.717, 1.165) is 18.8 Å². The van der Waals surface area contributed by atoms with Gasteiger partial charge in [0.1, 0.15) is 6.61 Å². The second kappa shape index (κ2) is 7.49. The first-order valence-electron chi connectivity index (χ1n) is 7.30. The summed E-state index contributed by atoms with van der Waals surface area (Å²) in [6.45, 7) is 2.04. The summed E-state index contributed by atoms with van der Waals surface area (Å²) in [6.07, 6.45) is 4.42. The van der Waals surface area contributed by atoms with Crippen LogP contribution >= 0.6 is 11.6 Å². The fourth-order valence-electron chi connectivity index (χ4n) is 2.57. The van der Waals surface area contributed by atoms with Crippen molar-refractivity contribution in [2.75, 3.05) is 6.61 Å². The highest BCUT2D eigenvalue weighted by Gasteiger charge is 2.20. The second-order valence-corrected chi connectivity index (χ2v) is 5.99. The van der Waals surface area contributed by atoms with E-state index < -0.39 is 0 Å². The Bertz CT molecular complexity index is 566. The maximum absolute atomic E-state index is 12.2. The maximum atomic E-state index is 12.2. The predicted molar refractivity (Wildman–Crippen MR) is 84.3 cm³/mol. The molecule has 0 aliphatic heterocycles. The SMILES string of the molecule is CC1CCC(NC(=O)c2ccc(C#CCO)c(Cl)c2)CC1. The van der Waals surface area contributed by atoms with Crippen LogP contribution in [0.5, 0.6) is 0 Å². The van der Waals surface area contributed by atoms with Gasteiger partial charge >= 0.3 is 0 Å². The first-order valence-corrected chi connectivity index (χ1v) is 7.68. The van der Waals surface area contributed by atoms with Crippen molar-refractivity contribution in [1.82, 2.24) is 5.32 Å². The Morgan fingerprint density at radius 1 is 1.38 bits per heavy atom. The number of aliphatic hydroxyl groups is 1. The molecule has 2 N–H and O–H groups in total. The highest BCUT2D eigenvalue weighted by molar-refractivity contribution is 6.32. The third kappa shape index (κ3) is 4.49. The standard InChI is InChI=1S/C17H20ClNO2/c1-12-4-8-15(9-5-12)19-17(21)14-7-6-13(3-2-10-20)16(18)11-14/h6-7,11-12,15,20H,4-5,8-10H2,1H3,(H,19,21). The van der Waals surface area contributed by atoms with E-state index in [9.17, 15) is 4.79 Å². The molecule has 3 nitrogen and oxygen atoms in total. The summed E-state index contributed by atoms with van der Waals surface area (Å²) in [4.78, 5) is 12.2. The molecule has 1 fully saturated rings. The van der Waals surface area contributed by atoms with Gasteiger partial charge in [-0.25, -0.2) is 0 Å². The van der Waals surface area contributed by atoms with Crippen LogP contribution in [0.1, 0.15) is 48.5 Å². The minimum absolute atomic E-state index is 0.0851. The number of hydrogen-bond acceptors (Lipinski definition) is 2. The number of aliphatic hydroxyl groups excluding tert-OH is 1. The van der Waals surface area contributed by atoms with Gasteiger partial charge in [0.15, 0.2) is 0 Å². The zero-order valence-electron chi connectivity index (χ0n) is 12.2. The maximum Gasteiger partial charge on any atom is 0.251 e. The third-order valence-electron chi connectivity index (χ3n) is 3.88. The fourth-order valence-corrected chi connectivity index (χ4v) is 2.79. The van der Waals surface area contributed by atoms with E-state index in [2.05, 4.69) is 24.1 Å². The molecule has 1 saturated carbocycles. The lowest BCUT2D eigenvalue weighted by Gasteiger charge is -2.26. The van der Waals surface area contributed by atoms with Crippen LogP contribution < -0.4 is 5.32 Å². The Morgan fingerprint density at radius 3 is 2.71 bits per heavy atom. The predicted octanol–water partition coefficient (Wildman–Crippen LogP) is 2.99. The van der Waals surface area contributed by atoms with Crippen molar-refractivity contribution in [3.63, 3.8) is 0 Å². The summed E-state index contributed by atoms with van der Waals surface area (Å²) < 4.78 is 0. The van der Waals surface area contributed by atoms with Crippen molar-refractivity contribution in [1.29, 1.82) is 0 Å². The average Bonchev–Trinajstić information content (AvgIpc) is 2.48. The molecule has 1 aromatic rings. The van der Waals surface area contributed by atoms with E-state index in [0.29, 0.717) is 16.1 Å². The van der Waals surface area contributed by atoms with Gasteiger partial charge in [-0.05, 0) is 49.8 Å². The molecule has 0 aromatic heterocycles. The quantitative estimate of drug-likeness (QED) is 0.825. The molecule has 1 aliphatic carbocycles. The monoisotopic (exact) mass is 305 g/mol. The van der Waals surface area contributed by atoms with Gasteiger partial charge in [0.05, 0.1) is 5.02 Å². The second-order valence-electron chi connectivity index (χ2n) is 5.58. The number of halogens is 1. The number of carbonyl (C=O) groups excluding carboxylic acids is 1. The van der Waals surface area contributed by atoms with Gasteiger partial charge in [-0.3, -0.25) is 4.79 Å². The smallest absolute Gasteiger partial charge is 0.251 e. The van der Waals surface area contributed by atoms with Gasteiger partial charge in [-0.15, -0.1) is 0 Å². The summed E-state index contributed by atoms with van der Waals surface area (Å²) >= 11 is 6.11. The number of rotatable bonds is 2. The molecule has 112 valence electrons. The molecule has 0 heterocycles. The molecule has 0 unspecified atom stereocenters. The molecular weight excluding hydrogens is 286 g/mol. The topological polar surface area (TPSA) is 49.3 Å². The van der Waals surface area contributed by atoms with Gasteiger partial charge in [0.25, 0.3) is 5.91 Å². The number of hydrogen-bond donors (Lipinski definition) is 2. The molecule has 2 rings (SSSR count). The van der Waals surface area contributed by atoms with E-state index >= 15 is 0 Å². The lowest BCUT2D eigenvalue weighted by atomic mass is 9.87. The molecule has 21 heavy (non-hydrogen) atoms. The number of benzene rings is 1. The molecule has 1 amide bonds. The van der Waals surface area contributed by atoms with Crippen LogP contribution in [0.4, 0.5) is 0 Å². The highest BCUT2D eigenvalue weighted by Crippen LogP contribution is 2.24. The van der Waals surface area contributed by atoms with Crippen LogP contribution in [0.15, 0.2) is 18.2 Å². The van der Waals surface area contributed by atoms with E-state index in [1.54, 1.807) is 18.2 Å². The summed E-state index contributed by atoms with van der Waals surface area (Å²) in [5.41, 5.74) is 1.17. The number of amides is 1. The zero-order chi connectivity index (χ0) is 15.2. The number of nitrogens with one attached hydrogen (secondary N) is 1. The molecule has 4 heteroatoms. The molecule has 0 radical (unpaired) electrons. The van der Waals surface area contributed by atoms with E-state index in [4.69, 9.17) is 16.7 Å². The van der Waals surface area contributed by atoms with Gasteiger partial charge in [0.2, 0.25) is 0 Å². The van der Waals surface area contributed by atoms with Crippen LogP contribution in [-0.2, 0) is 0 Å². The molecule has 1 aliphatic rings. The Balaban J connectivity index is 2.01. The Morgan fingerprint density at radius 2 is 2.10 bits per heavy atom. The van der Waals surface area contributed by atoms with Crippen molar-refractivity contribution in [2.45, 2.75) is 38.6 Å². The van der Waals surface area contributed by atoms with Crippen LogP contribution in [0.25, 0.3) is 0 Å². The largest absolute Gasteiger partial charge is 0.384 e. The van der Waals surface area contributed by atoms with Crippen LogP contribution in [0, 0.1) is 17.8 Å². The summed E-state index contributed by atoms with van der Waals surface area (Å²) in [5.74, 6) is 5.97. The van der Waals surface area contributed by atoms with Crippen LogP contribution in [0.3, 0.4) is 0 Å². The van der Waals surface area contributed by atoms with Gasteiger partial charge in [-0.1, -0.05) is 30.4 Å². The van der Waals surface area contributed by atoms with Crippen molar-refractivity contribution in [2.24, 2.45) is 5.92 Å². The van der Waals surface area contributed by atoms with Gasteiger partial charge < -0.3 is 10.4 Å². The highest BCUT2D eigenvalue weighted by atomic mass is 35.5. The molecule has 0 saturated heterocycles. The molecule has 0 atom stereocenters. The zero-order valence-corrected chi connectivity index (χ0v) is 12.9. The average molecular weight is 306 g/mol. The van der Waals surface area contributed by atoms with E-state index in [1.807, 2.05) is 0 Å². The Labute approximate surface area is 130 Å². The Hall–Kier alpha value is -1.50. The van der Waals surface area contributed by atoms with Gasteiger partial charge in [0, 0.05) is 17.2 Å². The van der Waals surface area contributed by atoms with Crippen molar-refractivity contribution in [3.8, 4) is 11.8 Å². The molecular formula is C17H20ClNO2. The first kappa shape index (κ1) is 15.9. The Kier molecular flexibility index (Phi) is 5.67. The van der Waals surface area contributed by atoms with Gasteiger partial charge in [-0.2, -0.15) is 0 Å². The molecule has 1 aromatic carbocycles. The minimum Gasteiger partial charge on any atom is -0.384 e. The lowest BCUT2D eigenvalue weighted by molar-refractivity contribution is 0.0923. The van der Waals surface area contributed by atoms with E-state index in [1.165, 1.54) is 12.8 Å². The summed E-state index contributed by atoms with van der Waals surface area (Å²) in [7, 11) is 0. The number of carbonyl (C=O) groups is 1. The third-order valence-corrected chi connectivity index (χ3v) is 4.20. The van der Waals surface area contributed by atoms with Crippen LogP contribution in [-0.4, -0.2) is 23.7 Å². The molecule has 0 spiro atoms. The normalized spacial score (nSPS) is 21.3. The fraction of sp³-hybridized carbons (Fsp3) is 0.471. The molecule has 0 bridgehead atoms. The van der Waals surface area contributed by atoms with Crippen molar-refractivity contribution >= 4 is 17.5 Å². The lowest BCUT2D eigenvalue weighted by Crippen LogP contribution is -2.37. The van der Waals surface area contributed by atoms with E-state index in [-0.39, 0.29) is 18.6 Å². The van der Waals surface area contributed by atoms with Crippen molar-refractivity contribution in [3.05, 3.63) is 34.3 Å². The minimum atomic E-state index is -0.210.